The molecule has 13 heavy (non-hydrogen) atoms. The molecule has 0 aromatic heterocycles. The lowest BCUT2D eigenvalue weighted by molar-refractivity contribution is 1.08. The molecule has 0 N–H and O–H groups in total. The molecule has 1 aromatic carbocycles. The zero-order chi connectivity index (χ0) is 9.36. The van der Waals surface area contributed by atoms with Crippen LogP contribution >= 0.6 is 0 Å². The van der Waals surface area contributed by atoms with Gasteiger partial charge in [0.2, 0.25) is 0 Å². The van der Waals surface area contributed by atoms with E-state index < -0.39 is 0 Å². The molecule has 0 heterocycles. The molecule has 1 rings (SSSR count). The molecule has 0 bridgehead atoms. The maximum atomic E-state index is 3.10. The quantitative estimate of drug-likeness (QED) is 0.484. The number of hydrogen-bond acceptors (Lipinski definition) is 0. The number of benzene rings is 1. The smallest absolute Gasteiger partial charge is 0.0123 e. The van der Waals surface area contributed by atoms with E-state index in [9.17, 15) is 0 Å². The topological polar surface area (TPSA) is 0 Å². The summed E-state index contributed by atoms with van der Waals surface area (Å²) in [5, 5.41) is 0. The fourth-order valence-electron chi connectivity index (χ4n) is 1.12. The van der Waals surface area contributed by atoms with Crippen molar-refractivity contribution in [2.45, 2.75) is 26.2 Å². The highest BCUT2D eigenvalue weighted by atomic mass is 13.9. The first kappa shape index (κ1) is 9.86. The Balaban J connectivity index is 2.20. The van der Waals surface area contributed by atoms with E-state index in [1.165, 1.54) is 5.56 Å². The minimum Gasteiger partial charge on any atom is -0.104 e. The van der Waals surface area contributed by atoms with Crippen LogP contribution in [0.3, 0.4) is 0 Å². The molecule has 0 nitrogen and oxygen atoms in total. The molecule has 1 aromatic rings. The maximum absolute atomic E-state index is 3.10. The summed E-state index contributed by atoms with van der Waals surface area (Å²) in [7, 11) is 0. The Labute approximate surface area is 81.0 Å². The third-order valence-corrected chi connectivity index (χ3v) is 1.77. The Hall–Kier alpha value is -1.22. The van der Waals surface area contributed by atoms with Crippen LogP contribution in [-0.4, -0.2) is 0 Å². The summed E-state index contributed by atoms with van der Waals surface area (Å²) < 4.78 is 0. The molecule has 0 fully saturated rings. The van der Waals surface area contributed by atoms with Crippen LogP contribution in [0.15, 0.2) is 30.3 Å². The van der Waals surface area contributed by atoms with Gasteiger partial charge >= 0.3 is 0 Å². The SMILES string of the molecule is CCC#CC[CH]Cc1ccccc1. The highest BCUT2D eigenvalue weighted by Crippen LogP contribution is 2.02. The van der Waals surface area contributed by atoms with Gasteiger partial charge in [0.1, 0.15) is 0 Å². The van der Waals surface area contributed by atoms with E-state index in [0.29, 0.717) is 0 Å². The largest absolute Gasteiger partial charge is 0.104 e. The van der Waals surface area contributed by atoms with Gasteiger partial charge in [0, 0.05) is 12.8 Å². The molecule has 67 valence electrons. The second-order valence-electron chi connectivity index (χ2n) is 2.89. The first-order valence-corrected chi connectivity index (χ1v) is 4.74. The summed E-state index contributed by atoms with van der Waals surface area (Å²) in [5.74, 6) is 6.15. The first-order valence-electron chi connectivity index (χ1n) is 4.74. The van der Waals surface area contributed by atoms with Gasteiger partial charge in [-0.1, -0.05) is 37.3 Å². The molecule has 0 amide bonds. The molecule has 0 saturated carbocycles. The molecule has 0 aliphatic heterocycles. The Morgan fingerprint density at radius 3 is 2.62 bits per heavy atom. The molecule has 1 radical (unpaired) electrons. The number of hydrogen-bond donors (Lipinski definition) is 0. The monoisotopic (exact) mass is 171 g/mol. The van der Waals surface area contributed by atoms with Crippen molar-refractivity contribution in [2.24, 2.45) is 0 Å². The third kappa shape index (κ3) is 4.38. The second kappa shape index (κ2) is 6.31. The molecule has 0 unspecified atom stereocenters. The summed E-state index contributed by atoms with van der Waals surface area (Å²) in [6, 6.07) is 10.5. The average Bonchev–Trinajstić information content (AvgIpc) is 2.19. The van der Waals surface area contributed by atoms with Gasteiger partial charge in [0.25, 0.3) is 0 Å². The van der Waals surface area contributed by atoms with Crippen molar-refractivity contribution in [2.75, 3.05) is 0 Å². The fourth-order valence-corrected chi connectivity index (χ4v) is 1.12. The average molecular weight is 171 g/mol. The van der Waals surface area contributed by atoms with Crippen LogP contribution in [0.2, 0.25) is 0 Å². The summed E-state index contributed by atoms with van der Waals surface area (Å²) >= 11 is 0. The van der Waals surface area contributed by atoms with Crippen LogP contribution in [0.1, 0.15) is 25.3 Å². The van der Waals surface area contributed by atoms with Crippen LogP contribution in [-0.2, 0) is 6.42 Å². The van der Waals surface area contributed by atoms with Gasteiger partial charge in [0.15, 0.2) is 0 Å². The standard InChI is InChI=1S/C13H15/c1-2-3-4-5-7-10-13-11-8-6-9-12-13/h6-9,11-12H,2,5,10H2,1H3. The maximum Gasteiger partial charge on any atom is 0.0123 e. The summed E-state index contributed by atoms with van der Waals surface area (Å²) in [6.07, 6.45) is 5.11. The highest BCUT2D eigenvalue weighted by molar-refractivity contribution is 5.17. The zero-order valence-electron chi connectivity index (χ0n) is 8.09. The van der Waals surface area contributed by atoms with Crippen molar-refractivity contribution in [3.63, 3.8) is 0 Å². The van der Waals surface area contributed by atoms with E-state index in [2.05, 4.69) is 49.5 Å². The first-order chi connectivity index (χ1) is 6.43. The van der Waals surface area contributed by atoms with Crippen molar-refractivity contribution >= 4 is 0 Å². The van der Waals surface area contributed by atoms with Crippen LogP contribution in [0, 0.1) is 18.3 Å². The third-order valence-electron chi connectivity index (χ3n) is 1.77. The Morgan fingerprint density at radius 2 is 1.92 bits per heavy atom. The molecule has 0 spiro atoms. The van der Waals surface area contributed by atoms with Gasteiger partial charge < -0.3 is 0 Å². The van der Waals surface area contributed by atoms with Gasteiger partial charge in [-0.3, -0.25) is 0 Å². The van der Waals surface area contributed by atoms with Gasteiger partial charge in [-0.25, -0.2) is 0 Å². The van der Waals surface area contributed by atoms with Crippen LogP contribution in [0.25, 0.3) is 0 Å². The molecule has 0 atom stereocenters. The molecule has 0 heteroatoms. The van der Waals surface area contributed by atoms with E-state index in [0.717, 1.165) is 19.3 Å². The van der Waals surface area contributed by atoms with E-state index in [4.69, 9.17) is 0 Å². The van der Waals surface area contributed by atoms with Crippen LogP contribution < -0.4 is 0 Å². The van der Waals surface area contributed by atoms with Gasteiger partial charge in [-0.05, 0) is 18.4 Å². The Morgan fingerprint density at radius 1 is 1.15 bits per heavy atom. The second-order valence-corrected chi connectivity index (χ2v) is 2.89. The van der Waals surface area contributed by atoms with Gasteiger partial charge in [-0.2, -0.15) is 0 Å². The van der Waals surface area contributed by atoms with Crippen molar-refractivity contribution in [1.29, 1.82) is 0 Å². The Bertz CT molecular complexity index is 274. The van der Waals surface area contributed by atoms with E-state index >= 15 is 0 Å². The normalized spacial score (nSPS) is 9.00. The van der Waals surface area contributed by atoms with E-state index in [1.54, 1.807) is 0 Å². The summed E-state index contributed by atoms with van der Waals surface area (Å²) in [6.45, 7) is 2.07. The summed E-state index contributed by atoms with van der Waals surface area (Å²) in [4.78, 5) is 0. The number of unbranched alkanes of at least 4 members (excludes halogenated alkanes) is 1. The lowest BCUT2D eigenvalue weighted by Crippen LogP contribution is -1.83. The van der Waals surface area contributed by atoms with Gasteiger partial charge in [-0.15, -0.1) is 11.8 Å². The predicted molar refractivity (Wildman–Crippen MR) is 57.1 cm³/mol. The lowest BCUT2D eigenvalue weighted by Gasteiger charge is -1.96. The summed E-state index contributed by atoms with van der Waals surface area (Å²) in [5.41, 5.74) is 1.36. The zero-order valence-corrected chi connectivity index (χ0v) is 8.09. The fraction of sp³-hybridized carbons (Fsp3) is 0.308. The highest BCUT2D eigenvalue weighted by Gasteiger charge is 1.89. The van der Waals surface area contributed by atoms with E-state index in [1.807, 2.05) is 6.07 Å². The van der Waals surface area contributed by atoms with E-state index in [-0.39, 0.29) is 0 Å². The van der Waals surface area contributed by atoms with Crippen LogP contribution in [0.5, 0.6) is 0 Å². The predicted octanol–water partition coefficient (Wildman–Crippen LogP) is 3.24. The molecular weight excluding hydrogens is 156 g/mol. The molecular formula is C13H15. The molecule has 0 aliphatic carbocycles. The molecule has 0 saturated heterocycles. The van der Waals surface area contributed by atoms with Gasteiger partial charge in [0.05, 0.1) is 0 Å². The minimum atomic E-state index is 0.905. The molecule has 0 aliphatic rings. The minimum absolute atomic E-state index is 0.905. The van der Waals surface area contributed by atoms with Crippen molar-refractivity contribution in [3.05, 3.63) is 42.3 Å². The van der Waals surface area contributed by atoms with Crippen molar-refractivity contribution in [1.82, 2.24) is 0 Å². The number of rotatable bonds is 3. The van der Waals surface area contributed by atoms with Crippen molar-refractivity contribution < 1.29 is 0 Å². The Kier molecular flexibility index (Phi) is 4.79. The van der Waals surface area contributed by atoms with Crippen LogP contribution in [0.4, 0.5) is 0 Å². The van der Waals surface area contributed by atoms with Crippen molar-refractivity contribution in [3.8, 4) is 11.8 Å². The lowest BCUT2D eigenvalue weighted by atomic mass is 10.1.